The van der Waals surface area contributed by atoms with Gasteiger partial charge in [0, 0.05) is 18.2 Å². The fourth-order valence-corrected chi connectivity index (χ4v) is 2.19. The highest BCUT2D eigenvalue weighted by molar-refractivity contribution is 5.97. The first-order chi connectivity index (χ1) is 8.13. The fraction of sp³-hybridized carbons (Fsp3) is 0.385. The Bertz CT molecular complexity index is 502. The van der Waals surface area contributed by atoms with Crippen molar-refractivity contribution in [2.45, 2.75) is 32.7 Å². The highest BCUT2D eigenvalue weighted by Crippen LogP contribution is 2.32. The van der Waals surface area contributed by atoms with Crippen molar-refractivity contribution >= 4 is 23.4 Å². The molecule has 1 aliphatic heterocycles. The van der Waals surface area contributed by atoms with E-state index in [0.717, 1.165) is 11.3 Å². The van der Waals surface area contributed by atoms with Crippen LogP contribution in [0.2, 0.25) is 0 Å². The van der Waals surface area contributed by atoms with Crippen molar-refractivity contribution in [2.75, 3.05) is 4.90 Å². The number of aliphatic imine (C=N–C) groups is 1. The minimum Gasteiger partial charge on any atom is -0.310 e. The monoisotopic (exact) mass is 230 g/mol. The molecule has 4 nitrogen and oxygen atoms in total. The molecule has 0 bridgehead atoms. The first-order valence-electron chi connectivity index (χ1n) is 5.66. The van der Waals surface area contributed by atoms with Crippen LogP contribution < -0.4 is 4.90 Å². The van der Waals surface area contributed by atoms with Crippen molar-refractivity contribution in [1.82, 2.24) is 0 Å². The Kier molecular flexibility index (Phi) is 3.07. The lowest BCUT2D eigenvalue weighted by Gasteiger charge is -2.32. The highest BCUT2D eigenvalue weighted by Gasteiger charge is 2.26. The average Bonchev–Trinajstić information content (AvgIpc) is 2.29. The molecule has 0 aliphatic carbocycles. The number of benzene rings is 1. The first-order valence-corrected chi connectivity index (χ1v) is 5.66. The fourth-order valence-electron chi connectivity index (χ4n) is 2.19. The van der Waals surface area contributed by atoms with E-state index in [9.17, 15) is 9.59 Å². The third-order valence-corrected chi connectivity index (χ3v) is 2.89. The minimum atomic E-state index is 0.141. The standard InChI is InChI=1S/C13H14N2O2/c1-9(2)15-12-5-4-11(14-8-16)7-10(12)3-6-13(15)17/h4-5,7,9H,3,6H2,1-2H3. The van der Waals surface area contributed by atoms with Crippen LogP contribution in [-0.4, -0.2) is 18.0 Å². The number of fused-ring (bicyclic) bond motifs is 1. The van der Waals surface area contributed by atoms with Crippen LogP contribution in [0, 0.1) is 0 Å². The summed E-state index contributed by atoms with van der Waals surface area (Å²) in [5.41, 5.74) is 2.59. The molecule has 1 aromatic rings. The molecule has 0 atom stereocenters. The summed E-state index contributed by atoms with van der Waals surface area (Å²) in [5, 5.41) is 0. The molecular formula is C13H14N2O2. The Morgan fingerprint density at radius 3 is 2.76 bits per heavy atom. The third kappa shape index (κ3) is 2.12. The molecule has 0 spiro atoms. The number of nitrogens with zero attached hydrogens (tertiary/aromatic N) is 2. The molecule has 0 saturated heterocycles. The topological polar surface area (TPSA) is 49.7 Å². The van der Waals surface area contributed by atoms with Crippen molar-refractivity contribution < 1.29 is 9.59 Å². The summed E-state index contributed by atoms with van der Waals surface area (Å²) in [5.74, 6) is 0.152. The zero-order chi connectivity index (χ0) is 12.4. The summed E-state index contributed by atoms with van der Waals surface area (Å²) in [4.78, 5) is 27.5. The van der Waals surface area contributed by atoms with Gasteiger partial charge in [0.05, 0.1) is 5.69 Å². The van der Waals surface area contributed by atoms with E-state index >= 15 is 0 Å². The molecule has 0 fully saturated rings. The second-order valence-corrected chi connectivity index (χ2v) is 4.37. The summed E-state index contributed by atoms with van der Waals surface area (Å²) in [6.45, 7) is 3.98. The quantitative estimate of drug-likeness (QED) is 0.578. The van der Waals surface area contributed by atoms with Crippen LogP contribution >= 0.6 is 0 Å². The van der Waals surface area contributed by atoms with E-state index in [-0.39, 0.29) is 11.9 Å². The highest BCUT2D eigenvalue weighted by atomic mass is 16.2. The minimum absolute atomic E-state index is 0.141. The third-order valence-electron chi connectivity index (χ3n) is 2.89. The number of anilines is 1. The van der Waals surface area contributed by atoms with Crippen LogP contribution in [-0.2, 0) is 16.0 Å². The Labute approximate surface area is 100.0 Å². The molecule has 17 heavy (non-hydrogen) atoms. The van der Waals surface area contributed by atoms with Crippen molar-refractivity contribution in [1.29, 1.82) is 0 Å². The summed E-state index contributed by atoms with van der Waals surface area (Å²) < 4.78 is 0. The molecular weight excluding hydrogens is 216 g/mol. The Hall–Kier alpha value is -1.93. The van der Waals surface area contributed by atoms with Gasteiger partial charge in [0.25, 0.3) is 0 Å². The van der Waals surface area contributed by atoms with E-state index in [0.29, 0.717) is 18.5 Å². The Morgan fingerprint density at radius 2 is 2.12 bits per heavy atom. The predicted octanol–water partition coefficient (Wildman–Crippen LogP) is 2.34. The van der Waals surface area contributed by atoms with Gasteiger partial charge in [0.15, 0.2) is 0 Å². The van der Waals surface area contributed by atoms with Gasteiger partial charge in [-0.2, -0.15) is 4.99 Å². The van der Waals surface area contributed by atoms with E-state index in [1.165, 1.54) is 6.08 Å². The van der Waals surface area contributed by atoms with Crippen LogP contribution in [0.4, 0.5) is 11.4 Å². The molecule has 0 unspecified atom stereocenters. The Morgan fingerprint density at radius 1 is 1.35 bits per heavy atom. The zero-order valence-corrected chi connectivity index (χ0v) is 9.93. The number of amides is 1. The summed E-state index contributed by atoms with van der Waals surface area (Å²) in [6, 6.07) is 5.57. The summed E-state index contributed by atoms with van der Waals surface area (Å²) in [7, 11) is 0. The van der Waals surface area contributed by atoms with Gasteiger partial charge in [0.1, 0.15) is 0 Å². The normalized spacial score (nSPS) is 14.5. The number of hydrogen-bond donors (Lipinski definition) is 0. The van der Waals surface area contributed by atoms with E-state index in [1.807, 2.05) is 26.0 Å². The van der Waals surface area contributed by atoms with Crippen molar-refractivity contribution in [3.8, 4) is 0 Å². The lowest BCUT2D eigenvalue weighted by atomic mass is 9.99. The molecule has 1 aliphatic rings. The maximum absolute atomic E-state index is 11.8. The molecule has 2 rings (SSSR count). The predicted molar refractivity (Wildman–Crippen MR) is 65.2 cm³/mol. The van der Waals surface area contributed by atoms with Crippen molar-refractivity contribution in [2.24, 2.45) is 4.99 Å². The molecule has 0 radical (unpaired) electrons. The number of aryl methyl sites for hydroxylation is 1. The van der Waals surface area contributed by atoms with E-state index < -0.39 is 0 Å². The van der Waals surface area contributed by atoms with E-state index in [1.54, 1.807) is 11.0 Å². The SMILES string of the molecule is CC(C)N1C(=O)CCc2cc(N=C=O)ccc21. The van der Waals surface area contributed by atoms with Crippen LogP contribution in [0.5, 0.6) is 0 Å². The molecule has 0 saturated carbocycles. The average molecular weight is 230 g/mol. The van der Waals surface area contributed by atoms with E-state index in [4.69, 9.17) is 0 Å². The van der Waals surface area contributed by atoms with E-state index in [2.05, 4.69) is 4.99 Å². The van der Waals surface area contributed by atoms with Gasteiger partial charge in [-0.05, 0) is 44.0 Å². The second kappa shape index (κ2) is 4.52. The van der Waals surface area contributed by atoms with Crippen LogP contribution in [0.3, 0.4) is 0 Å². The molecule has 1 amide bonds. The number of carbonyl (C=O) groups is 1. The second-order valence-electron chi connectivity index (χ2n) is 4.37. The van der Waals surface area contributed by atoms with Crippen LogP contribution in [0.15, 0.2) is 23.2 Å². The summed E-state index contributed by atoms with van der Waals surface area (Å²) in [6.07, 6.45) is 2.75. The number of hydrogen-bond acceptors (Lipinski definition) is 3. The van der Waals surface area contributed by atoms with Gasteiger partial charge in [-0.1, -0.05) is 0 Å². The van der Waals surface area contributed by atoms with Gasteiger partial charge < -0.3 is 4.90 Å². The van der Waals surface area contributed by atoms with Crippen LogP contribution in [0.25, 0.3) is 0 Å². The van der Waals surface area contributed by atoms with Gasteiger partial charge in [-0.25, -0.2) is 4.79 Å². The molecule has 0 aromatic heterocycles. The first kappa shape index (κ1) is 11.6. The lowest BCUT2D eigenvalue weighted by Crippen LogP contribution is -2.40. The largest absolute Gasteiger partial charge is 0.310 e. The molecule has 1 heterocycles. The molecule has 88 valence electrons. The Balaban J connectivity index is 2.47. The van der Waals surface area contributed by atoms with Gasteiger partial charge in [0.2, 0.25) is 12.0 Å². The number of carbonyl (C=O) groups excluding carboxylic acids is 2. The number of rotatable bonds is 2. The van der Waals surface area contributed by atoms with Crippen molar-refractivity contribution in [3.05, 3.63) is 23.8 Å². The number of isocyanates is 1. The maximum atomic E-state index is 11.8. The van der Waals surface area contributed by atoms with Gasteiger partial charge in [-0.15, -0.1) is 0 Å². The maximum Gasteiger partial charge on any atom is 0.240 e. The van der Waals surface area contributed by atoms with Crippen molar-refractivity contribution in [3.63, 3.8) is 0 Å². The zero-order valence-electron chi connectivity index (χ0n) is 9.93. The molecule has 1 aromatic carbocycles. The summed E-state index contributed by atoms with van der Waals surface area (Å²) >= 11 is 0. The lowest BCUT2D eigenvalue weighted by molar-refractivity contribution is -0.119. The van der Waals surface area contributed by atoms with Gasteiger partial charge >= 0.3 is 0 Å². The molecule has 0 N–H and O–H groups in total. The van der Waals surface area contributed by atoms with Gasteiger partial charge in [-0.3, -0.25) is 4.79 Å². The van der Waals surface area contributed by atoms with Crippen LogP contribution in [0.1, 0.15) is 25.8 Å². The smallest absolute Gasteiger partial charge is 0.240 e. The molecule has 4 heteroatoms.